The van der Waals surface area contributed by atoms with Gasteiger partial charge in [0.15, 0.2) is 5.96 Å². The fourth-order valence-corrected chi connectivity index (χ4v) is 3.98. The predicted molar refractivity (Wildman–Crippen MR) is 114 cm³/mol. The summed E-state index contributed by atoms with van der Waals surface area (Å²) in [5.41, 5.74) is 1.32. The van der Waals surface area contributed by atoms with E-state index in [9.17, 15) is 0 Å². The second-order valence-corrected chi connectivity index (χ2v) is 7.50. The third-order valence-corrected chi connectivity index (χ3v) is 5.57. The molecule has 1 aliphatic heterocycles. The lowest BCUT2D eigenvalue weighted by atomic mass is 10.0. The first-order valence-electron chi connectivity index (χ1n) is 8.54. The zero-order chi connectivity index (χ0) is 16.9. The number of halogens is 1. The van der Waals surface area contributed by atoms with Crippen LogP contribution in [0.25, 0.3) is 0 Å². The molecule has 1 N–H and O–H groups in total. The normalized spacial score (nSPS) is 17.6. The largest absolute Gasteiger partial charge is 0.350 e. The zero-order valence-corrected chi connectivity index (χ0v) is 18.3. The van der Waals surface area contributed by atoms with Crippen LogP contribution >= 0.6 is 35.3 Å². The number of guanidine groups is 1. The van der Waals surface area contributed by atoms with Gasteiger partial charge in [0.25, 0.3) is 0 Å². The summed E-state index contributed by atoms with van der Waals surface area (Å²) in [5.74, 6) is 1.65. The van der Waals surface area contributed by atoms with Crippen molar-refractivity contribution in [2.45, 2.75) is 32.7 Å². The average molecular weight is 474 g/mol. The van der Waals surface area contributed by atoms with E-state index in [4.69, 9.17) is 0 Å². The van der Waals surface area contributed by atoms with Gasteiger partial charge in [-0.2, -0.15) is 5.10 Å². The number of rotatable bonds is 5. The Balaban J connectivity index is 0.00000225. The fourth-order valence-electron chi connectivity index (χ4n) is 3.18. The number of nitrogens with one attached hydrogen (secondary N) is 1. The number of hydrogen-bond donors (Lipinski definition) is 1. The molecule has 0 saturated carbocycles. The molecule has 1 saturated heterocycles. The SMILES string of the molecule is CCc1cnc(CNC(=NC)N2CCC(Cc3cnn(C)c3)C2)s1.I. The van der Waals surface area contributed by atoms with E-state index in [1.807, 2.05) is 31.2 Å². The lowest BCUT2D eigenvalue weighted by Gasteiger charge is -2.21. The van der Waals surface area contributed by atoms with Gasteiger partial charge in [-0.3, -0.25) is 9.67 Å². The average Bonchev–Trinajstić information content (AvgIpc) is 3.30. The van der Waals surface area contributed by atoms with Crippen molar-refractivity contribution in [2.24, 2.45) is 18.0 Å². The molecule has 1 atom stereocenters. The van der Waals surface area contributed by atoms with Gasteiger partial charge in [-0.25, -0.2) is 4.98 Å². The van der Waals surface area contributed by atoms with Crippen molar-refractivity contribution < 1.29 is 0 Å². The Hall–Kier alpha value is -1.16. The molecular weight excluding hydrogens is 447 g/mol. The predicted octanol–water partition coefficient (Wildman–Crippen LogP) is 2.70. The van der Waals surface area contributed by atoms with Crippen molar-refractivity contribution in [3.8, 4) is 0 Å². The standard InChI is InChI=1S/C17H26N6S.HI/c1-4-15-9-19-16(24-15)10-20-17(18-2)23-6-5-13(12-23)7-14-8-21-22(3)11-14;/h8-9,11,13H,4-7,10,12H2,1-3H3,(H,18,20);1H. The summed E-state index contributed by atoms with van der Waals surface area (Å²) in [4.78, 5) is 12.6. The smallest absolute Gasteiger partial charge is 0.194 e. The van der Waals surface area contributed by atoms with Gasteiger partial charge in [-0.15, -0.1) is 35.3 Å². The number of aliphatic imine (C=N–C) groups is 1. The van der Waals surface area contributed by atoms with Gasteiger partial charge in [0.1, 0.15) is 5.01 Å². The molecule has 0 spiro atoms. The van der Waals surface area contributed by atoms with Gasteiger partial charge in [0, 0.05) is 44.5 Å². The molecule has 3 heterocycles. The van der Waals surface area contributed by atoms with Gasteiger partial charge in [-0.05, 0) is 30.7 Å². The van der Waals surface area contributed by atoms with Gasteiger partial charge in [0.2, 0.25) is 0 Å². The maximum atomic E-state index is 4.47. The molecule has 1 fully saturated rings. The highest BCUT2D eigenvalue weighted by Crippen LogP contribution is 2.21. The summed E-state index contributed by atoms with van der Waals surface area (Å²) in [6.07, 6.45) is 9.41. The van der Waals surface area contributed by atoms with Crippen molar-refractivity contribution >= 4 is 41.3 Å². The van der Waals surface area contributed by atoms with Gasteiger partial charge in [-0.1, -0.05) is 6.92 Å². The highest BCUT2D eigenvalue weighted by molar-refractivity contribution is 14.0. The Morgan fingerprint density at radius 1 is 1.44 bits per heavy atom. The van der Waals surface area contributed by atoms with Gasteiger partial charge < -0.3 is 10.2 Å². The van der Waals surface area contributed by atoms with Gasteiger partial charge in [0.05, 0.1) is 12.7 Å². The van der Waals surface area contributed by atoms with Crippen molar-refractivity contribution in [3.63, 3.8) is 0 Å². The molecule has 0 aromatic carbocycles. The number of nitrogens with zero attached hydrogens (tertiary/aromatic N) is 5. The number of likely N-dealkylation sites (tertiary alicyclic amines) is 1. The molecule has 138 valence electrons. The van der Waals surface area contributed by atoms with Crippen molar-refractivity contribution in [2.75, 3.05) is 20.1 Å². The Bertz CT molecular complexity index is 695. The van der Waals surface area contributed by atoms with E-state index < -0.39 is 0 Å². The van der Waals surface area contributed by atoms with Crippen LogP contribution in [0, 0.1) is 5.92 Å². The fraction of sp³-hybridized carbons (Fsp3) is 0.588. The van der Waals surface area contributed by atoms with E-state index in [-0.39, 0.29) is 24.0 Å². The highest BCUT2D eigenvalue weighted by Gasteiger charge is 2.25. The maximum Gasteiger partial charge on any atom is 0.194 e. The van der Waals surface area contributed by atoms with E-state index in [0.717, 1.165) is 43.4 Å². The lowest BCUT2D eigenvalue weighted by Crippen LogP contribution is -2.39. The van der Waals surface area contributed by atoms with E-state index in [1.165, 1.54) is 16.9 Å². The van der Waals surface area contributed by atoms with E-state index >= 15 is 0 Å². The molecule has 2 aromatic heterocycles. The third kappa shape index (κ3) is 5.40. The van der Waals surface area contributed by atoms with Crippen LogP contribution < -0.4 is 5.32 Å². The maximum absolute atomic E-state index is 4.47. The van der Waals surface area contributed by atoms with E-state index in [0.29, 0.717) is 5.92 Å². The third-order valence-electron chi connectivity index (χ3n) is 4.43. The van der Waals surface area contributed by atoms with Crippen molar-refractivity contribution in [3.05, 3.63) is 34.0 Å². The molecule has 0 aliphatic carbocycles. The van der Waals surface area contributed by atoms with Crippen LogP contribution in [0.5, 0.6) is 0 Å². The summed E-state index contributed by atoms with van der Waals surface area (Å²) in [5, 5.41) is 8.85. The second kappa shape index (κ2) is 9.51. The summed E-state index contributed by atoms with van der Waals surface area (Å²) in [6.45, 7) is 5.02. The van der Waals surface area contributed by atoms with Crippen molar-refractivity contribution in [1.29, 1.82) is 0 Å². The first-order chi connectivity index (χ1) is 11.7. The molecule has 6 nitrogen and oxygen atoms in total. The van der Waals surface area contributed by atoms with Crippen LogP contribution in [0.4, 0.5) is 0 Å². The molecule has 0 amide bonds. The number of hydrogen-bond acceptors (Lipinski definition) is 4. The van der Waals surface area contributed by atoms with Crippen LogP contribution in [0.15, 0.2) is 23.6 Å². The molecule has 0 radical (unpaired) electrons. The molecule has 8 heteroatoms. The number of thiazole rings is 1. The molecule has 0 bridgehead atoms. The topological polar surface area (TPSA) is 58.3 Å². The van der Waals surface area contributed by atoms with Gasteiger partial charge >= 0.3 is 0 Å². The summed E-state index contributed by atoms with van der Waals surface area (Å²) in [6, 6.07) is 0. The van der Waals surface area contributed by atoms with Crippen LogP contribution in [0.2, 0.25) is 0 Å². The Morgan fingerprint density at radius 2 is 2.28 bits per heavy atom. The summed E-state index contributed by atoms with van der Waals surface area (Å²) >= 11 is 1.78. The van der Waals surface area contributed by atoms with Crippen molar-refractivity contribution in [1.82, 2.24) is 25.0 Å². The number of aromatic nitrogens is 3. The molecule has 3 rings (SSSR count). The highest BCUT2D eigenvalue weighted by atomic mass is 127. The summed E-state index contributed by atoms with van der Waals surface area (Å²) < 4.78 is 1.88. The first kappa shape index (κ1) is 20.2. The summed E-state index contributed by atoms with van der Waals surface area (Å²) in [7, 11) is 3.83. The van der Waals surface area contributed by atoms with Crippen LogP contribution in [-0.4, -0.2) is 45.8 Å². The molecular formula is C17H27IN6S. The minimum Gasteiger partial charge on any atom is -0.350 e. The van der Waals surface area contributed by atoms with Crippen LogP contribution in [0.3, 0.4) is 0 Å². The monoisotopic (exact) mass is 474 g/mol. The molecule has 1 unspecified atom stereocenters. The molecule has 2 aromatic rings. The quantitative estimate of drug-likeness (QED) is 0.412. The molecule has 25 heavy (non-hydrogen) atoms. The van der Waals surface area contributed by atoms with Crippen LogP contribution in [0.1, 0.15) is 28.8 Å². The second-order valence-electron chi connectivity index (χ2n) is 6.30. The Morgan fingerprint density at radius 3 is 2.92 bits per heavy atom. The zero-order valence-electron chi connectivity index (χ0n) is 15.1. The minimum absolute atomic E-state index is 0. The first-order valence-corrected chi connectivity index (χ1v) is 9.36. The van der Waals surface area contributed by atoms with E-state index in [1.54, 1.807) is 11.3 Å². The molecule has 1 aliphatic rings. The minimum atomic E-state index is 0. The number of aryl methyl sites for hydroxylation is 2. The lowest BCUT2D eigenvalue weighted by molar-refractivity contribution is 0.459. The Labute approximate surface area is 170 Å². The Kier molecular flexibility index (Phi) is 7.67. The van der Waals surface area contributed by atoms with E-state index in [2.05, 4.69) is 38.4 Å². The van der Waals surface area contributed by atoms with Crippen LogP contribution in [-0.2, 0) is 26.4 Å².